The van der Waals surface area contributed by atoms with Crippen LogP contribution in [0.2, 0.25) is 0 Å². The molecule has 2 fully saturated rings. The summed E-state index contributed by atoms with van der Waals surface area (Å²) in [6.45, 7) is 0.435. The Kier molecular flexibility index (Phi) is 10.2. The second-order valence-electron chi connectivity index (χ2n) is 4.72. The molecule has 2 nitrogen and oxygen atoms in total. The van der Waals surface area contributed by atoms with Crippen LogP contribution in [-0.4, -0.2) is 12.3 Å². The van der Waals surface area contributed by atoms with E-state index in [-0.39, 0.29) is 28.7 Å². The molecule has 0 unspecified atom stereocenters. The summed E-state index contributed by atoms with van der Waals surface area (Å²) in [7, 11) is 0. The first-order valence-electron chi connectivity index (χ1n) is 7.17. The fraction of sp³-hybridized carbons (Fsp3) is 0.105. The van der Waals surface area contributed by atoms with Crippen LogP contribution in [0.4, 0.5) is 10.1 Å². The molecular weight excluding hydrogens is 333 g/mol. The topological polar surface area (TPSA) is 29.1 Å². The molecule has 0 saturated heterocycles. The Bertz CT molecular complexity index is 449. The van der Waals surface area contributed by atoms with Gasteiger partial charge in [-0.1, -0.05) is 12.1 Å². The number of para-hydroxylation sites is 1. The minimum Gasteiger partial charge on any atom is -0.382 e. The van der Waals surface area contributed by atoms with Crippen LogP contribution in [0.1, 0.15) is 6.42 Å². The average molecular weight is 351 g/mol. The van der Waals surface area contributed by atoms with Gasteiger partial charge >= 0.3 is 17.1 Å². The number of hydrogen-bond donors (Lipinski definition) is 1. The normalized spacial score (nSPS) is 17.1. The molecule has 4 heteroatoms. The molecule has 0 aromatic heterocycles. The van der Waals surface area contributed by atoms with Gasteiger partial charge in [-0.2, -0.15) is 0 Å². The second kappa shape index (κ2) is 11.6. The van der Waals surface area contributed by atoms with Gasteiger partial charge in [0.15, 0.2) is 0 Å². The zero-order chi connectivity index (χ0) is 15.6. The van der Waals surface area contributed by atoms with Gasteiger partial charge in [0.2, 0.25) is 0 Å². The molecule has 23 heavy (non-hydrogen) atoms. The van der Waals surface area contributed by atoms with E-state index in [2.05, 4.69) is 5.32 Å². The molecule has 0 amide bonds. The maximum Gasteiger partial charge on any atom is 2.00 e. The van der Waals surface area contributed by atoms with Crippen LogP contribution >= 0.6 is 0 Å². The zero-order valence-electron chi connectivity index (χ0n) is 12.6. The summed E-state index contributed by atoms with van der Waals surface area (Å²) >= 11 is 0. The second-order valence-corrected chi connectivity index (χ2v) is 4.72. The smallest absolute Gasteiger partial charge is 0.382 e. The molecule has 1 N–H and O–H groups in total. The van der Waals surface area contributed by atoms with Crippen molar-refractivity contribution in [1.29, 1.82) is 0 Å². The molecule has 0 atom stereocenters. The standard InChI is InChI=1S/C14H13FNO.C5H5.Fe/c15-12-7-3-4-8-13(12)16-10-9-14(17)11-5-1-2-6-11;1-2-4-5-3-1;/h1-8,16H,9-10H2;1-5H;/q;;+2. The fourth-order valence-corrected chi connectivity index (χ4v) is 1.94. The quantitative estimate of drug-likeness (QED) is 0.821. The molecule has 0 heterocycles. The van der Waals surface area contributed by atoms with Crippen molar-refractivity contribution in [3.63, 3.8) is 0 Å². The molecule has 2 aliphatic rings. The van der Waals surface area contributed by atoms with Crippen molar-refractivity contribution < 1.29 is 26.3 Å². The number of ketones is 1. The van der Waals surface area contributed by atoms with E-state index in [1.165, 1.54) is 6.07 Å². The third-order valence-corrected chi connectivity index (χ3v) is 3.08. The molecule has 1 aromatic carbocycles. The first-order chi connectivity index (χ1) is 10.8. The van der Waals surface area contributed by atoms with Crippen molar-refractivity contribution in [1.82, 2.24) is 0 Å². The van der Waals surface area contributed by atoms with Gasteiger partial charge in [0.1, 0.15) is 11.6 Å². The molecule has 3 rings (SSSR count). The van der Waals surface area contributed by atoms with Crippen molar-refractivity contribution >= 4 is 11.5 Å². The SMILES string of the molecule is O=C(CCNc1ccccc1F)[C]1[CH][CH][CH][CH]1.[CH]1[CH][CH][CH][CH]1.[Fe+2]. The minimum atomic E-state index is -0.298. The molecule has 0 spiro atoms. The number of halogens is 1. The third kappa shape index (κ3) is 7.50. The van der Waals surface area contributed by atoms with Crippen molar-refractivity contribution in [3.8, 4) is 0 Å². The van der Waals surface area contributed by atoms with Crippen molar-refractivity contribution in [2.45, 2.75) is 6.42 Å². The first-order valence-corrected chi connectivity index (χ1v) is 7.17. The Labute approximate surface area is 150 Å². The summed E-state index contributed by atoms with van der Waals surface area (Å²) in [6.07, 6.45) is 17.6. The van der Waals surface area contributed by atoms with Gasteiger partial charge in [0, 0.05) is 18.9 Å². The molecular formula is C19H18FFeNO+2. The number of hydrogen-bond acceptors (Lipinski definition) is 2. The maximum absolute atomic E-state index is 13.2. The van der Waals surface area contributed by atoms with Crippen molar-refractivity contribution in [3.05, 3.63) is 93.8 Å². The van der Waals surface area contributed by atoms with Crippen LogP contribution in [0.15, 0.2) is 24.3 Å². The molecule has 10 radical (unpaired) electrons. The van der Waals surface area contributed by atoms with Gasteiger partial charge in [-0.05, 0) is 69.9 Å². The van der Waals surface area contributed by atoms with Crippen molar-refractivity contribution in [2.24, 2.45) is 0 Å². The molecule has 2 aliphatic carbocycles. The molecule has 118 valence electrons. The van der Waals surface area contributed by atoms with E-state index in [9.17, 15) is 9.18 Å². The van der Waals surface area contributed by atoms with E-state index in [0.29, 0.717) is 24.6 Å². The monoisotopic (exact) mass is 351 g/mol. The van der Waals surface area contributed by atoms with Gasteiger partial charge in [-0.15, -0.1) is 0 Å². The Morgan fingerprint density at radius 3 is 2.04 bits per heavy atom. The Morgan fingerprint density at radius 1 is 0.913 bits per heavy atom. The largest absolute Gasteiger partial charge is 2.00 e. The number of anilines is 1. The summed E-state index contributed by atoms with van der Waals surface area (Å²) in [5.74, 6) is 0.479. The van der Waals surface area contributed by atoms with E-state index in [0.717, 1.165) is 0 Å². The number of Topliss-reactive ketones (excluding diaryl/α,β-unsaturated/α-hetero) is 1. The Hall–Kier alpha value is -0.861. The zero-order valence-corrected chi connectivity index (χ0v) is 13.7. The number of carbonyl (C=O) groups excluding carboxylic acids is 1. The van der Waals surface area contributed by atoms with E-state index in [4.69, 9.17) is 0 Å². The Balaban J connectivity index is 0.000000377. The van der Waals surface area contributed by atoms with Gasteiger partial charge < -0.3 is 5.32 Å². The molecule has 1 aromatic rings. The summed E-state index contributed by atoms with van der Waals surface area (Å²) in [5.41, 5.74) is 0.433. The van der Waals surface area contributed by atoms with Crippen LogP contribution in [0.3, 0.4) is 0 Å². The van der Waals surface area contributed by atoms with Crippen LogP contribution in [0.25, 0.3) is 0 Å². The number of nitrogens with one attached hydrogen (secondary N) is 1. The average Bonchev–Trinajstić information content (AvgIpc) is 3.25. The van der Waals surface area contributed by atoms with Gasteiger partial charge in [-0.3, -0.25) is 4.79 Å². The summed E-state index contributed by atoms with van der Waals surface area (Å²) in [5, 5.41) is 2.91. The first kappa shape index (κ1) is 20.2. The van der Waals surface area contributed by atoms with E-state index in [1.807, 2.05) is 44.9 Å². The van der Waals surface area contributed by atoms with E-state index in [1.54, 1.807) is 31.0 Å². The van der Waals surface area contributed by atoms with E-state index >= 15 is 0 Å². The van der Waals surface area contributed by atoms with Crippen LogP contribution in [0.5, 0.6) is 0 Å². The molecule has 2 saturated carbocycles. The molecule has 0 bridgehead atoms. The van der Waals surface area contributed by atoms with Gasteiger partial charge in [-0.25, -0.2) is 4.39 Å². The van der Waals surface area contributed by atoms with E-state index < -0.39 is 0 Å². The minimum absolute atomic E-state index is 0. The van der Waals surface area contributed by atoms with Gasteiger partial charge in [0.05, 0.1) is 5.69 Å². The molecule has 0 aliphatic heterocycles. The predicted molar refractivity (Wildman–Crippen MR) is 86.5 cm³/mol. The Morgan fingerprint density at radius 2 is 1.48 bits per heavy atom. The van der Waals surface area contributed by atoms with Crippen LogP contribution < -0.4 is 5.32 Å². The number of rotatable bonds is 5. The fourth-order valence-electron chi connectivity index (χ4n) is 1.94. The van der Waals surface area contributed by atoms with Gasteiger partial charge in [0.25, 0.3) is 0 Å². The third-order valence-electron chi connectivity index (χ3n) is 3.08. The van der Waals surface area contributed by atoms with Crippen LogP contribution in [0, 0.1) is 69.5 Å². The maximum atomic E-state index is 13.2. The number of carbonyl (C=O) groups is 1. The van der Waals surface area contributed by atoms with Crippen molar-refractivity contribution in [2.75, 3.05) is 11.9 Å². The predicted octanol–water partition coefficient (Wildman–Crippen LogP) is 3.62. The number of benzene rings is 1. The summed E-state index contributed by atoms with van der Waals surface area (Å²) < 4.78 is 13.2. The van der Waals surface area contributed by atoms with Crippen LogP contribution in [-0.2, 0) is 21.9 Å². The summed E-state index contributed by atoms with van der Waals surface area (Å²) in [4.78, 5) is 11.6. The summed E-state index contributed by atoms with van der Waals surface area (Å²) in [6, 6.07) is 6.43.